The highest BCUT2D eigenvalue weighted by Gasteiger charge is 2.03. The van der Waals surface area contributed by atoms with Crippen LogP contribution in [0.3, 0.4) is 0 Å². The molecular formula is C11H11N3O2. The highest BCUT2D eigenvalue weighted by molar-refractivity contribution is 5.70. The van der Waals surface area contributed by atoms with Gasteiger partial charge in [0.05, 0.1) is 18.6 Å². The Morgan fingerprint density at radius 1 is 1.38 bits per heavy atom. The summed E-state index contributed by atoms with van der Waals surface area (Å²) in [4.78, 5) is 18.1. The molecular weight excluding hydrogens is 206 g/mol. The molecule has 0 saturated carbocycles. The maximum absolute atomic E-state index is 11.3. The number of para-hydroxylation sites is 1. The van der Waals surface area contributed by atoms with E-state index < -0.39 is 6.09 Å². The topological polar surface area (TPSA) is 67.0 Å². The summed E-state index contributed by atoms with van der Waals surface area (Å²) in [7, 11) is 0. The van der Waals surface area contributed by atoms with E-state index in [1.54, 1.807) is 36.8 Å². The summed E-state index contributed by atoms with van der Waals surface area (Å²) in [6, 6.07) is 8.90. The van der Waals surface area contributed by atoms with Crippen molar-refractivity contribution in [2.75, 3.05) is 0 Å². The Morgan fingerprint density at radius 3 is 2.88 bits per heavy atom. The van der Waals surface area contributed by atoms with Gasteiger partial charge in [0.25, 0.3) is 0 Å². The fourth-order valence-electron chi connectivity index (χ4n) is 1.18. The first-order valence-corrected chi connectivity index (χ1v) is 4.82. The molecule has 16 heavy (non-hydrogen) atoms. The molecule has 0 fully saturated rings. The largest absolute Gasteiger partial charge is 0.412 e. The molecule has 0 spiro atoms. The van der Waals surface area contributed by atoms with Crippen LogP contribution in [0.4, 0.5) is 4.79 Å². The molecule has 0 unspecified atom stereocenters. The van der Waals surface area contributed by atoms with Crippen LogP contribution >= 0.6 is 0 Å². The number of carbonyl (C=O) groups is 1. The Balaban J connectivity index is 1.81. The van der Waals surface area contributed by atoms with Gasteiger partial charge in [-0.2, -0.15) is 0 Å². The summed E-state index contributed by atoms with van der Waals surface area (Å²) in [5.41, 5.74) is 0.824. The summed E-state index contributed by atoms with van der Waals surface area (Å²) in [5, 5.41) is 2.60. The van der Waals surface area contributed by atoms with Gasteiger partial charge in [0.1, 0.15) is 5.75 Å². The number of aromatic nitrogens is 2. The minimum absolute atomic E-state index is 0.367. The van der Waals surface area contributed by atoms with Crippen LogP contribution in [-0.2, 0) is 6.54 Å². The summed E-state index contributed by atoms with van der Waals surface area (Å²) < 4.78 is 5.03. The number of amides is 1. The molecule has 0 aliphatic rings. The summed E-state index contributed by atoms with van der Waals surface area (Å²) >= 11 is 0. The maximum Gasteiger partial charge on any atom is 0.412 e. The first kappa shape index (κ1) is 10.2. The second-order valence-corrected chi connectivity index (χ2v) is 3.13. The van der Waals surface area contributed by atoms with E-state index in [4.69, 9.17) is 4.74 Å². The van der Waals surface area contributed by atoms with Crippen molar-refractivity contribution < 1.29 is 9.53 Å². The molecule has 5 heteroatoms. The van der Waals surface area contributed by atoms with Crippen molar-refractivity contribution in [2.24, 2.45) is 0 Å². The van der Waals surface area contributed by atoms with Gasteiger partial charge in [0.2, 0.25) is 0 Å². The van der Waals surface area contributed by atoms with E-state index in [1.165, 1.54) is 0 Å². The van der Waals surface area contributed by atoms with Gasteiger partial charge in [-0.1, -0.05) is 18.2 Å². The fraction of sp³-hybridized carbons (Fsp3) is 0.0909. The third-order valence-electron chi connectivity index (χ3n) is 1.93. The van der Waals surface area contributed by atoms with Crippen molar-refractivity contribution in [3.05, 3.63) is 48.5 Å². The van der Waals surface area contributed by atoms with E-state index in [2.05, 4.69) is 15.3 Å². The second-order valence-electron chi connectivity index (χ2n) is 3.13. The van der Waals surface area contributed by atoms with Gasteiger partial charge in [-0.25, -0.2) is 9.78 Å². The van der Waals surface area contributed by atoms with Crippen LogP contribution in [0.25, 0.3) is 0 Å². The first-order chi connectivity index (χ1) is 7.84. The van der Waals surface area contributed by atoms with E-state index in [0.29, 0.717) is 12.3 Å². The van der Waals surface area contributed by atoms with Crippen LogP contribution in [0.15, 0.2) is 42.9 Å². The Kier molecular flexibility index (Phi) is 3.18. The monoisotopic (exact) mass is 217 g/mol. The number of carbonyl (C=O) groups excluding carboxylic acids is 1. The number of nitrogens with zero attached hydrogens (tertiary/aromatic N) is 1. The van der Waals surface area contributed by atoms with Gasteiger partial charge in [0, 0.05) is 6.20 Å². The van der Waals surface area contributed by atoms with Crippen molar-refractivity contribution >= 4 is 6.09 Å². The molecule has 1 aromatic heterocycles. The predicted molar refractivity (Wildman–Crippen MR) is 57.9 cm³/mol. The average molecular weight is 217 g/mol. The lowest BCUT2D eigenvalue weighted by Crippen LogP contribution is -2.26. The van der Waals surface area contributed by atoms with Crippen molar-refractivity contribution in [3.63, 3.8) is 0 Å². The number of aromatic amines is 1. The minimum Gasteiger partial charge on any atom is -0.410 e. The third kappa shape index (κ3) is 2.84. The van der Waals surface area contributed by atoms with Gasteiger partial charge in [-0.05, 0) is 12.1 Å². The lowest BCUT2D eigenvalue weighted by molar-refractivity contribution is 0.200. The smallest absolute Gasteiger partial charge is 0.410 e. The molecule has 2 rings (SSSR count). The Morgan fingerprint density at radius 2 is 2.19 bits per heavy atom. The molecule has 2 aromatic rings. The molecule has 0 bridgehead atoms. The highest BCUT2D eigenvalue weighted by Crippen LogP contribution is 2.08. The molecule has 0 aliphatic heterocycles. The summed E-state index contributed by atoms with van der Waals surface area (Å²) in [6.07, 6.45) is 2.71. The quantitative estimate of drug-likeness (QED) is 0.822. The van der Waals surface area contributed by atoms with E-state index in [1.807, 2.05) is 6.07 Å². The highest BCUT2D eigenvalue weighted by atomic mass is 16.5. The van der Waals surface area contributed by atoms with Gasteiger partial charge < -0.3 is 15.0 Å². The zero-order valence-corrected chi connectivity index (χ0v) is 8.51. The minimum atomic E-state index is -0.485. The molecule has 0 saturated heterocycles. The number of nitrogens with one attached hydrogen (secondary N) is 2. The van der Waals surface area contributed by atoms with Crippen molar-refractivity contribution in [1.82, 2.24) is 15.3 Å². The number of rotatable bonds is 3. The Labute approximate surface area is 92.5 Å². The van der Waals surface area contributed by atoms with Crippen molar-refractivity contribution in [3.8, 4) is 5.75 Å². The molecule has 0 atom stereocenters. The van der Waals surface area contributed by atoms with E-state index in [-0.39, 0.29) is 0 Å². The third-order valence-corrected chi connectivity index (χ3v) is 1.93. The second kappa shape index (κ2) is 4.97. The number of imidazole rings is 1. The fourth-order valence-corrected chi connectivity index (χ4v) is 1.18. The molecule has 0 aliphatic carbocycles. The number of hydrogen-bond acceptors (Lipinski definition) is 3. The van der Waals surface area contributed by atoms with Crippen LogP contribution in [0.5, 0.6) is 5.75 Å². The number of H-pyrrole nitrogens is 1. The Bertz CT molecular complexity index is 440. The van der Waals surface area contributed by atoms with E-state index in [9.17, 15) is 4.79 Å². The Hall–Kier alpha value is -2.30. The van der Waals surface area contributed by atoms with Gasteiger partial charge in [0.15, 0.2) is 0 Å². The lowest BCUT2D eigenvalue weighted by atomic mass is 10.3. The molecule has 5 nitrogen and oxygen atoms in total. The lowest BCUT2D eigenvalue weighted by Gasteiger charge is -2.04. The molecule has 0 radical (unpaired) electrons. The average Bonchev–Trinajstić information content (AvgIpc) is 2.81. The molecule has 82 valence electrons. The van der Waals surface area contributed by atoms with Crippen LogP contribution in [0.1, 0.15) is 5.69 Å². The first-order valence-electron chi connectivity index (χ1n) is 4.82. The van der Waals surface area contributed by atoms with Crippen LogP contribution < -0.4 is 10.1 Å². The number of ether oxygens (including phenoxy) is 1. The summed E-state index contributed by atoms with van der Waals surface area (Å²) in [5.74, 6) is 0.518. The van der Waals surface area contributed by atoms with Crippen LogP contribution in [-0.4, -0.2) is 16.1 Å². The van der Waals surface area contributed by atoms with Crippen LogP contribution in [0, 0.1) is 0 Å². The van der Waals surface area contributed by atoms with Gasteiger partial charge >= 0.3 is 6.09 Å². The van der Waals surface area contributed by atoms with Crippen LogP contribution in [0.2, 0.25) is 0 Å². The van der Waals surface area contributed by atoms with Gasteiger partial charge in [-0.3, -0.25) is 0 Å². The predicted octanol–water partition coefficient (Wildman–Crippen LogP) is 1.70. The number of benzene rings is 1. The summed E-state index contributed by atoms with van der Waals surface area (Å²) in [6.45, 7) is 0.367. The molecule has 1 heterocycles. The number of hydrogen-bond donors (Lipinski definition) is 2. The zero-order chi connectivity index (χ0) is 11.2. The van der Waals surface area contributed by atoms with Crippen molar-refractivity contribution in [1.29, 1.82) is 0 Å². The van der Waals surface area contributed by atoms with E-state index >= 15 is 0 Å². The van der Waals surface area contributed by atoms with Crippen molar-refractivity contribution in [2.45, 2.75) is 6.54 Å². The van der Waals surface area contributed by atoms with Gasteiger partial charge in [-0.15, -0.1) is 0 Å². The maximum atomic E-state index is 11.3. The zero-order valence-electron chi connectivity index (χ0n) is 8.51. The normalized spacial score (nSPS) is 9.75. The standard InChI is InChI=1S/C11H11N3O2/c15-11(13-7-9-6-12-8-14-9)16-10-4-2-1-3-5-10/h1-6,8H,7H2,(H,12,14)(H,13,15). The molecule has 1 amide bonds. The van der Waals surface area contributed by atoms with E-state index in [0.717, 1.165) is 5.69 Å². The SMILES string of the molecule is O=C(NCc1cnc[nH]1)Oc1ccccc1. The molecule has 2 N–H and O–H groups in total. The molecule has 1 aromatic carbocycles.